The van der Waals surface area contributed by atoms with Gasteiger partial charge in [0.05, 0.1) is 23.0 Å². The van der Waals surface area contributed by atoms with Gasteiger partial charge in [0, 0.05) is 6.20 Å². The second-order valence-corrected chi connectivity index (χ2v) is 7.31. The molecule has 7 nitrogen and oxygen atoms in total. The summed E-state index contributed by atoms with van der Waals surface area (Å²) >= 11 is 0. The van der Waals surface area contributed by atoms with E-state index in [1.807, 2.05) is 6.92 Å². The van der Waals surface area contributed by atoms with Crippen LogP contribution < -0.4 is 5.32 Å². The maximum atomic E-state index is 12.7. The number of rotatable bonds is 4. The van der Waals surface area contributed by atoms with Gasteiger partial charge in [0.2, 0.25) is 0 Å². The van der Waals surface area contributed by atoms with Crippen molar-refractivity contribution < 1.29 is 13.2 Å². The number of amides is 1. The Balaban J connectivity index is 1.87. The lowest BCUT2D eigenvalue weighted by Crippen LogP contribution is -2.15. The third kappa shape index (κ3) is 3.43. The smallest absolute Gasteiger partial charge is 0.283 e. The van der Waals surface area contributed by atoms with E-state index in [1.165, 1.54) is 18.6 Å². The van der Waals surface area contributed by atoms with Gasteiger partial charge < -0.3 is 5.32 Å². The summed E-state index contributed by atoms with van der Waals surface area (Å²) in [4.78, 5) is 16.2. The highest BCUT2D eigenvalue weighted by Crippen LogP contribution is 2.20. The van der Waals surface area contributed by atoms with Crippen molar-refractivity contribution in [3.8, 4) is 0 Å². The second-order valence-electron chi connectivity index (χ2n) is 5.54. The Kier molecular flexibility index (Phi) is 4.37. The third-order valence-corrected chi connectivity index (χ3v) is 5.28. The lowest BCUT2D eigenvalue weighted by atomic mass is 10.2. The molecule has 2 heterocycles. The topological polar surface area (TPSA) is 94.0 Å². The Morgan fingerprint density at radius 1 is 1.16 bits per heavy atom. The van der Waals surface area contributed by atoms with Crippen molar-refractivity contribution in [2.75, 3.05) is 5.32 Å². The summed E-state index contributed by atoms with van der Waals surface area (Å²) in [6.07, 6.45) is 4.04. The number of aryl methyl sites for hydroxylation is 2. The molecule has 0 aliphatic carbocycles. The summed E-state index contributed by atoms with van der Waals surface area (Å²) < 4.78 is 26.3. The summed E-state index contributed by atoms with van der Waals surface area (Å²) in [5.74, 6) is -0.441. The number of hydrogen-bond acceptors (Lipinski definition) is 5. The molecule has 0 unspecified atom stereocenters. The number of aromatic nitrogens is 3. The Morgan fingerprint density at radius 2 is 1.96 bits per heavy atom. The molecular formula is C17H16N4O3S. The molecule has 0 saturated carbocycles. The molecule has 0 bridgehead atoms. The number of benzene rings is 1. The summed E-state index contributed by atoms with van der Waals surface area (Å²) in [6.45, 7) is 3.62. The fourth-order valence-corrected chi connectivity index (χ4v) is 3.71. The van der Waals surface area contributed by atoms with Gasteiger partial charge in [-0.05, 0) is 37.6 Å². The maximum absolute atomic E-state index is 12.7. The first-order chi connectivity index (χ1) is 11.9. The first-order valence-corrected chi connectivity index (χ1v) is 8.92. The minimum atomic E-state index is -3.83. The highest BCUT2D eigenvalue weighted by molar-refractivity contribution is 7.89. The summed E-state index contributed by atoms with van der Waals surface area (Å²) in [5, 5.41) is 6.44. The molecule has 2 aromatic heterocycles. The zero-order chi connectivity index (χ0) is 18.0. The Labute approximate surface area is 145 Å². The Bertz CT molecular complexity index is 1030. The highest BCUT2D eigenvalue weighted by atomic mass is 32.2. The van der Waals surface area contributed by atoms with E-state index in [2.05, 4.69) is 15.4 Å². The van der Waals surface area contributed by atoms with Crippen molar-refractivity contribution in [3.63, 3.8) is 0 Å². The molecule has 0 aliphatic heterocycles. The number of nitrogens with one attached hydrogen (secondary N) is 1. The molecule has 1 N–H and O–H groups in total. The van der Waals surface area contributed by atoms with Crippen LogP contribution in [0.2, 0.25) is 0 Å². The van der Waals surface area contributed by atoms with Gasteiger partial charge in [-0.15, -0.1) is 0 Å². The molecule has 0 fully saturated rings. The van der Waals surface area contributed by atoms with Crippen LogP contribution in [0.1, 0.15) is 21.6 Å². The van der Waals surface area contributed by atoms with E-state index in [0.29, 0.717) is 5.56 Å². The van der Waals surface area contributed by atoms with Crippen molar-refractivity contribution >= 4 is 21.6 Å². The van der Waals surface area contributed by atoms with E-state index in [1.54, 1.807) is 43.3 Å². The van der Waals surface area contributed by atoms with Gasteiger partial charge in [0.25, 0.3) is 15.9 Å². The average molecular weight is 356 g/mol. The lowest BCUT2D eigenvalue weighted by Gasteiger charge is -2.08. The van der Waals surface area contributed by atoms with Crippen LogP contribution in [-0.4, -0.2) is 28.5 Å². The highest BCUT2D eigenvalue weighted by Gasteiger charge is 2.21. The van der Waals surface area contributed by atoms with Crippen LogP contribution in [0.25, 0.3) is 0 Å². The van der Waals surface area contributed by atoms with Gasteiger partial charge >= 0.3 is 0 Å². The minimum absolute atomic E-state index is 0.170. The molecule has 0 atom stereocenters. The largest absolute Gasteiger partial charge is 0.318 e. The van der Waals surface area contributed by atoms with Gasteiger partial charge in [0.1, 0.15) is 5.69 Å². The first kappa shape index (κ1) is 16.8. The normalized spacial score (nSPS) is 11.3. The second kappa shape index (κ2) is 6.48. The zero-order valence-electron chi connectivity index (χ0n) is 13.7. The molecule has 0 aliphatic rings. The van der Waals surface area contributed by atoms with Crippen molar-refractivity contribution in [2.24, 2.45) is 0 Å². The van der Waals surface area contributed by atoms with Crippen molar-refractivity contribution in [1.82, 2.24) is 14.2 Å². The molecule has 25 heavy (non-hydrogen) atoms. The van der Waals surface area contributed by atoms with Gasteiger partial charge in [-0.1, -0.05) is 23.8 Å². The molecule has 0 spiro atoms. The fraction of sp³-hybridized carbons (Fsp3) is 0.118. The standard InChI is InChI=1S/C17H16N4O3S/c1-12-6-7-16(13(2)9-12)25(23,24)21-11-14(10-19-21)20-17(22)15-5-3-4-8-18-15/h3-11H,1-2H3,(H,20,22). The molecule has 128 valence electrons. The van der Waals surface area contributed by atoms with E-state index in [9.17, 15) is 13.2 Å². The number of carbonyl (C=O) groups excluding carboxylic acids is 1. The van der Waals surface area contributed by atoms with Crippen LogP contribution >= 0.6 is 0 Å². The molecule has 0 radical (unpaired) electrons. The molecule has 8 heteroatoms. The summed E-state index contributed by atoms with van der Waals surface area (Å²) in [5.41, 5.74) is 2.10. The van der Waals surface area contributed by atoms with Gasteiger partial charge in [0.15, 0.2) is 0 Å². The van der Waals surface area contributed by atoms with E-state index in [0.717, 1.165) is 9.65 Å². The SMILES string of the molecule is Cc1ccc(S(=O)(=O)n2cc(NC(=O)c3ccccn3)cn2)c(C)c1. The molecule has 0 saturated heterocycles. The number of anilines is 1. The summed E-state index contributed by atoms with van der Waals surface area (Å²) in [7, 11) is -3.83. The predicted octanol–water partition coefficient (Wildman–Crippen LogP) is 2.38. The molecule has 3 aromatic rings. The Hall–Kier alpha value is -3.00. The fourth-order valence-electron chi connectivity index (χ4n) is 2.38. The van der Waals surface area contributed by atoms with Gasteiger partial charge in [-0.2, -0.15) is 17.6 Å². The van der Waals surface area contributed by atoms with E-state index < -0.39 is 15.9 Å². The number of pyridine rings is 1. The number of hydrogen-bond donors (Lipinski definition) is 1. The van der Waals surface area contributed by atoms with Gasteiger partial charge in [-0.3, -0.25) is 9.78 Å². The van der Waals surface area contributed by atoms with Crippen LogP contribution in [0.5, 0.6) is 0 Å². The van der Waals surface area contributed by atoms with Crippen molar-refractivity contribution in [2.45, 2.75) is 18.7 Å². The Morgan fingerprint density at radius 3 is 2.64 bits per heavy atom. The average Bonchev–Trinajstić information content (AvgIpc) is 3.04. The number of carbonyl (C=O) groups is 1. The zero-order valence-corrected chi connectivity index (χ0v) is 14.5. The minimum Gasteiger partial charge on any atom is -0.318 e. The van der Waals surface area contributed by atoms with Crippen molar-refractivity contribution in [3.05, 3.63) is 71.8 Å². The lowest BCUT2D eigenvalue weighted by molar-refractivity contribution is 0.102. The van der Waals surface area contributed by atoms with E-state index >= 15 is 0 Å². The molecule has 1 aromatic carbocycles. The maximum Gasteiger partial charge on any atom is 0.283 e. The van der Waals surface area contributed by atoms with Crippen molar-refractivity contribution in [1.29, 1.82) is 0 Å². The van der Waals surface area contributed by atoms with Crippen LogP contribution in [0.15, 0.2) is 59.9 Å². The molecular weight excluding hydrogens is 340 g/mol. The first-order valence-electron chi connectivity index (χ1n) is 7.48. The monoisotopic (exact) mass is 356 g/mol. The van der Waals surface area contributed by atoms with Gasteiger partial charge in [-0.25, -0.2) is 0 Å². The molecule has 1 amide bonds. The quantitative estimate of drug-likeness (QED) is 0.774. The van der Waals surface area contributed by atoms with Crippen LogP contribution in [0.4, 0.5) is 5.69 Å². The van der Waals surface area contributed by atoms with Crippen LogP contribution in [-0.2, 0) is 10.0 Å². The van der Waals surface area contributed by atoms with E-state index in [4.69, 9.17) is 0 Å². The third-order valence-electron chi connectivity index (χ3n) is 3.57. The summed E-state index contributed by atoms with van der Waals surface area (Å²) in [6, 6.07) is 10.0. The van der Waals surface area contributed by atoms with E-state index in [-0.39, 0.29) is 16.3 Å². The predicted molar refractivity (Wildman–Crippen MR) is 92.9 cm³/mol. The molecule has 3 rings (SSSR count). The van der Waals surface area contributed by atoms with Crippen LogP contribution in [0, 0.1) is 13.8 Å². The van der Waals surface area contributed by atoms with Crippen LogP contribution in [0.3, 0.4) is 0 Å². The number of nitrogens with zero attached hydrogens (tertiary/aromatic N) is 3.